The van der Waals surface area contributed by atoms with Gasteiger partial charge in [-0.2, -0.15) is 0 Å². The highest BCUT2D eigenvalue weighted by Crippen LogP contribution is 2.28. The van der Waals surface area contributed by atoms with Crippen molar-refractivity contribution in [2.45, 2.75) is 20.3 Å². The highest BCUT2D eigenvalue weighted by Gasteiger charge is 2.05. The predicted molar refractivity (Wildman–Crippen MR) is 79.7 cm³/mol. The number of rotatable bonds is 7. The molecular weight excluding hydrogens is 346 g/mol. The van der Waals surface area contributed by atoms with Crippen molar-refractivity contribution in [2.24, 2.45) is 5.92 Å². The molecule has 4 heteroatoms. The maximum absolute atomic E-state index is 5.78. The zero-order chi connectivity index (χ0) is 12.7. The van der Waals surface area contributed by atoms with Gasteiger partial charge in [0.25, 0.3) is 0 Å². The van der Waals surface area contributed by atoms with Crippen LogP contribution in [0.15, 0.2) is 27.1 Å². The van der Waals surface area contributed by atoms with E-state index in [0.29, 0.717) is 5.92 Å². The van der Waals surface area contributed by atoms with Crippen LogP contribution in [-0.4, -0.2) is 19.7 Å². The van der Waals surface area contributed by atoms with Crippen molar-refractivity contribution >= 4 is 31.9 Å². The minimum atomic E-state index is 0.511. The van der Waals surface area contributed by atoms with Crippen LogP contribution in [0.25, 0.3) is 0 Å². The lowest BCUT2D eigenvalue weighted by atomic mass is 10.2. The Labute approximate surface area is 120 Å². The van der Waals surface area contributed by atoms with E-state index in [1.165, 1.54) is 6.42 Å². The van der Waals surface area contributed by atoms with Gasteiger partial charge in [0.2, 0.25) is 0 Å². The zero-order valence-electron chi connectivity index (χ0n) is 10.3. The Kier molecular flexibility index (Phi) is 7.16. The van der Waals surface area contributed by atoms with Gasteiger partial charge in [0, 0.05) is 16.9 Å². The molecule has 0 amide bonds. The van der Waals surface area contributed by atoms with E-state index in [1.54, 1.807) is 0 Å². The maximum atomic E-state index is 5.78. The minimum Gasteiger partial charge on any atom is -0.492 e. The summed E-state index contributed by atoms with van der Waals surface area (Å²) in [4.78, 5) is 0. The largest absolute Gasteiger partial charge is 0.492 e. The fourth-order valence-corrected chi connectivity index (χ4v) is 2.57. The first-order chi connectivity index (χ1) is 8.13. The van der Waals surface area contributed by atoms with E-state index in [1.807, 2.05) is 18.2 Å². The molecular formula is C13H19Br2NO. The number of benzene rings is 1. The summed E-state index contributed by atoms with van der Waals surface area (Å²) >= 11 is 6.91. The summed E-state index contributed by atoms with van der Waals surface area (Å²) in [5.74, 6) is 1.41. The second-order valence-electron chi connectivity index (χ2n) is 4.20. The molecule has 1 aromatic carbocycles. The molecule has 0 bridgehead atoms. The topological polar surface area (TPSA) is 21.3 Å². The van der Waals surface area contributed by atoms with Crippen molar-refractivity contribution in [2.75, 3.05) is 19.7 Å². The van der Waals surface area contributed by atoms with Gasteiger partial charge in [-0.25, -0.2) is 0 Å². The second-order valence-corrected chi connectivity index (χ2v) is 5.97. The number of nitrogens with one attached hydrogen (secondary N) is 1. The average molecular weight is 365 g/mol. The Hall–Kier alpha value is -0.0600. The van der Waals surface area contributed by atoms with E-state index >= 15 is 0 Å². The van der Waals surface area contributed by atoms with Crippen molar-refractivity contribution in [3.05, 3.63) is 27.1 Å². The molecule has 0 heterocycles. The monoisotopic (exact) mass is 363 g/mol. The number of hydrogen-bond donors (Lipinski definition) is 1. The standard InChI is InChI=1S/C13H19Br2NO/c1-3-6-16-8-10(2)9-17-13-5-4-11(14)7-12(13)15/h4-5,7,10,16H,3,6,8-9H2,1-2H3. The summed E-state index contributed by atoms with van der Waals surface area (Å²) in [7, 11) is 0. The first kappa shape index (κ1) is 15.0. The lowest BCUT2D eigenvalue weighted by Crippen LogP contribution is -2.25. The Morgan fingerprint density at radius 3 is 2.76 bits per heavy atom. The van der Waals surface area contributed by atoms with Gasteiger partial charge in [-0.3, -0.25) is 0 Å². The van der Waals surface area contributed by atoms with Crippen LogP contribution in [0.5, 0.6) is 5.75 Å². The zero-order valence-corrected chi connectivity index (χ0v) is 13.5. The molecule has 0 fully saturated rings. The van der Waals surface area contributed by atoms with Crippen molar-refractivity contribution < 1.29 is 4.74 Å². The summed E-state index contributed by atoms with van der Waals surface area (Å²) in [6.45, 7) is 7.17. The minimum absolute atomic E-state index is 0.511. The Bertz CT molecular complexity index is 344. The maximum Gasteiger partial charge on any atom is 0.133 e. The molecule has 1 rings (SSSR count). The molecule has 2 nitrogen and oxygen atoms in total. The van der Waals surface area contributed by atoms with Crippen LogP contribution in [0, 0.1) is 5.92 Å². The fourth-order valence-electron chi connectivity index (χ4n) is 1.41. The van der Waals surface area contributed by atoms with Gasteiger partial charge in [0.15, 0.2) is 0 Å². The Morgan fingerprint density at radius 2 is 2.12 bits per heavy atom. The molecule has 0 saturated carbocycles. The normalized spacial score (nSPS) is 12.5. The molecule has 1 N–H and O–H groups in total. The molecule has 0 aliphatic heterocycles. The average Bonchev–Trinajstić information content (AvgIpc) is 2.28. The SMILES string of the molecule is CCCNCC(C)COc1ccc(Br)cc1Br. The Morgan fingerprint density at radius 1 is 1.35 bits per heavy atom. The van der Waals surface area contributed by atoms with E-state index in [-0.39, 0.29) is 0 Å². The van der Waals surface area contributed by atoms with E-state index < -0.39 is 0 Å². The molecule has 1 unspecified atom stereocenters. The van der Waals surface area contributed by atoms with Gasteiger partial charge in [-0.15, -0.1) is 0 Å². The van der Waals surface area contributed by atoms with Crippen LogP contribution in [0.2, 0.25) is 0 Å². The lowest BCUT2D eigenvalue weighted by molar-refractivity contribution is 0.254. The van der Waals surface area contributed by atoms with E-state index in [4.69, 9.17) is 4.74 Å². The smallest absolute Gasteiger partial charge is 0.133 e. The van der Waals surface area contributed by atoms with Crippen LogP contribution in [0.3, 0.4) is 0 Å². The summed E-state index contributed by atoms with van der Waals surface area (Å²) in [6.07, 6.45) is 1.17. The third-order valence-corrected chi connectivity index (χ3v) is 3.45. The van der Waals surface area contributed by atoms with Gasteiger partial charge in [0.05, 0.1) is 11.1 Å². The summed E-state index contributed by atoms with van der Waals surface area (Å²) < 4.78 is 7.81. The highest BCUT2D eigenvalue weighted by atomic mass is 79.9. The molecule has 0 aliphatic rings. The van der Waals surface area contributed by atoms with Gasteiger partial charge in [0.1, 0.15) is 5.75 Å². The summed E-state index contributed by atoms with van der Waals surface area (Å²) in [5, 5.41) is 3.40. The van der Waals surface area contributed by atoms with E-state index in [0.717, 1.165) is 34.4 Å². The highest BCUT2D eigenvalue weighted by molar-refractivity contribution is 9.11. The third-order valence-electron chi connectivity index (χ3n) is 2.34. The Balaban J connectivity index is 2.34. The second kappa shape index (κ2) is 8.11. The van der Waals surface area contributed by atoms with Crippen LogP contribution in [-0.2, 0) is 0 Å². The molecule has 1 aromatic rings. The van der Waals surface area contributed by atoms with Gasteiger partial charge < -0.3 is 10.1 Å². The van der Waals surface area contributed by atoms with E-state index in [9.17, 15) is 0 Å². The third kappa shape index (κ3) is 5.89. The molecule has 0 radical (unpaired) electrons. The molecule has 0 aromatic heterocycles. The van der Waals surface area contributed by atoms with Gasteiger partial charge >= 0.3 is 0 Å². The number of hydrogen-bond acceptors (Lipinski definition) is 2. The lowest BCUT2D eigenvalue weighted by Gasteiger charge is -2.14. The van der Waals surface area contributed by atoms with Crippen LogP contribution < -0.4 is 10.1 Å². The molecule has 96 valence electrons. The molecule has 1 atom stereocenters. The van der Waals surface area contributed by atoms with Crippen LogP contribution in [0.4, 0.5) is 0 Å². The van der Waals surface area contributed by atoms with Crippen molar-refractivity contribution in [1.29, 1.82) is 0 Å². The molecule has 0 spiro atoms. The summed E-state index contributed by atoms with van der Waals surface area (Å²) in [5.41, 5.74) is 0. The fraction of sp³-hybridized carbons (Fsp3) is 0.538. The van der Waals surface area contributed by atoms with Crippen molar-refractivity contribution in [1.82, 2.24) is 5.32 Å². The first-order valence-electron chi connectivity index (χ1n) is 5.92. The molecule has 0 aliphatic carbocycles. The van der Waals surface area contributed by atoms with Gasteiger partial charge in [-0.1, -0.05) is 29.8 Å². The number of halogens is 2. The van der Waals surface area contributed by atoms with Crippen molar-refractivity contribution in [3.8, 4) is 5.75 Å². The molecule has 0 saturated heterocycles. The molecule has 17 heavy (non-hydrogen) atoms. The predicted octanol–water partition coefficient (Wildman–Crippen LogP) is 4.23. The van der Waals surface area contributed by atoms with E-state index in [2.05, 4.69) is 51.0 Å². The van der Waals surface area contributed by atoms with Crippen molar-refractivity contribution in [3.63, 3.8) is 0 Å². The summed E-state index contributed by atoms with van der Waals surface area (Å²) in [6, 6.07) is 5.95. The van der Waals surface area contributed by atoms with Crippen LogP contribution in [0.1, 0.15) is 20.3 Å². The van der Waals surface area contributed by atoms with Crippen LogP contribution >= 0.6 is 31.9 Å². The first-order valence-corrected chi connectivity index (χ1v) is 7.50. The number of ether oxygens (including phenoxy) is 1. The quantitative estimate of drug-likeness (QED) is 0.731. The van der Waals surface area contributed by atoms with Gasteiger partial charge in [-0.05, 0) is 47.1 Å².